The highest BCUT2D eigenvalue weighted by molar-refractivity contribution is 7.98. The number of amides is 1. The average Bonchev–Trinajstić information content (AvgIpc) is 3.67. The number of carbonyl (C=O) groups is 1. The van der Waals surface area contributed by atoms with Crippen molar-refractivity contribution in [2.24, 2.45) is 0 Å². The Balaban J connectivity index is 0.00000627. The van der Waals surface area contributed by atoms with Crippen LogP contribution in [0, 0.1) is 5.82 Å². The second kappa shape index (κ2) is 18.9. The smallest absolute Gasteiger partial charge is 0.406 e. The first-order valence-electron chi connectivity index (χ1n) is 16.8. The lowest BCUT2D eigenvalue weighted by molar-refractivity contribution is -0.274. The van der Waals surface area contributed by atoms with Crippen LogP contribution in [0.3, 0.4) is 0 Å². The van der Waals surface area contributed by atoms with Crippen LogP contribution in [-0.4, -0.2) is 68.0 Å². The van der Waals surface area contributed by atoms with Crippen molar-refractivity contribution in [1.82, 2.24) is 29.5 Å². The second-order valence-electron chi connectivity index (χ2n) is 12.2. The molecule has 0 saturated carbocycles. The lowest BCUT2D eigenvalue weighted by Crippen LogP contribution is -2.40. The summed E-state index contributed by atoms with van der Waals surface area (Å²) in [6.45, 7) is 8.99. The van der Waals surface area contributed by atoms with E-state index in [0.29, 0.717) is 41.7 Å². The molecule has 0 radical (unpaired) electrons. The van der Waals surface area contributed by atoms with Crippen LogP contribution in [0.2, 0.25) is 0 Å². The maximum Gasteiger partial charge on any atom is 0.573 e. The number of thioether (sulfide) groups is 1. The van der Waals surface area contributed by atoms with Gasteiger partial charge in [-0.05, 0) is 65.2 Å². The number of nitrogens with zero attached hydrogens (tertiary/aromatic N) is 5. The van der Waals surface area contributed by atoms with Crippen LogP contribution in [0.5, 0.6) is 5.75 Å². The number of nitrogens with one attached hydrogen (secondary N) is 1. The molecule has 282 valence electrons. The van der Waals surface area contributed by atoms with E-state index in [4.69, 9.17) is 0 Å². The van der Waals surface area contributed by atoms with E-state index in [2.05, 4.69) is 38.7 Å². The number of ether oxygens (including phenoxy) is 1. The van der Waals surface area contributed by atoms with Crippen molar-refractivity contribution in [2.45, 2.75) is 57.1 Å². The van der Waals surface area contributed by atoms with Crippen LogP contribution in [0.15, 0.2) is 101 Å². The van der Waals surface area contributed by atoms with Crippen LogP contribution < -0.4 is 10.3 Å². The minimum atomic E-state index is -4.77. The van der Waals surface area contributed by atoms with Gasteiger partial charge in [0.25, 0.3) is 5.56 Å². The molecule has 0 bridgehead atoms. The standard InChI is InChI=1S/C38H40F4N6O3S.ClH/c1-4-46(5-2)18-19-47(22-27-6-10-29(11-7-27)30-12-16-33(17-13-30)51-38(40,41)42)35(49)24-48-23-34(26(3)31-20-43-44-21-31)36(50)45-37(48)52-25-28-8-14-32(39)15-9-28;/h6-17,20-21,23,26H,4-5,18-19,22,24-25H2,1-3H3,(H,43,44);1H. The molecule has 53 heavy (non-hydrogen) atoms. The van der Waals surface area contributed by atoms with E-state index in [1.807, 2.05) is 31.2 Å². The van der Waals surface area contributed by atoms with Crippen molar-refractivity contribution < 1.29 is 27.1 Å². The van der Waals surface area contributed by atoms with E-state index in [-0.39, 0.29) is 42.3 Å². The highest BCUT2D eigenvalue weighted by Gasteiger charge is 2.31. The van der Waals surface area contributed by atoms with Gasteiger partial charge in [0.15, 0.2) is 5.16 Å². The first kappa shape index (κ1) is 41.1. The molecule has 1 unspecified atom stereocenters. The van der Waals surface area contributed by atoms with E-state index in [0.717, 1.165) is 35.3 Å². The Morgan fingerprint density at radius 1 is 0.943 bits per heavy atom. The number of rotatable bonds is 16. The zero-order valence-corrected chi connectivity index (χ0v) is 31.1. The van der Waals surface area contributed by atoms with Gasteiger partial charge in [0.2, 0.25) is 5.91 Å². The van der Waals surface area contributed by atoms with Gasteiger partial charge < -0.3 is 19.1 Å². The van der Waals surface area contributed by atoms with Crippen molar-refractivity contribution >= 4 is 30.1 Å². The van der Waals surface area contributed by atoms with E-state index in [9.17, 15) is 27.2 Å². The molecule has 5 aromatic rings. The van der Waals surface area contributed by atoms with Gasteiger partial charge in [-0.15, -0.1) is 25.6 Å². The SMILES string of the molecule is CCN(CC)CCN(Cc1ccc(-c2ccc(OC(F)(F)F)cc2)cc1)C(=O)Cn1cc(C(C)c2cn[nH]c2)c(=O)nc1SCc1ccc(F)cc1.Cl. The first-order valence-corrected chi connectivity index (χ1v) is 17.8. The van der Waals surface area contributed by atoms with E-state index in [1.165, 1.54) is 36.0 Å². The minimum absolute atomic E-state index is 0. The van der Waals surface area contributed by atoms with Crippen LogP contribution in [0.1, 0.15) is 48.9 Å². The van der Waals surface area contributed by atoms with Gasteiger partial charge in [-0.2, -0.15) is 10.1 Å². The Hall–Kier alpha value is -4.66. The fourth-order valence-electron chi connectivity index (χ4n) is 5.64. The average molecular weight is 773 g/mol. The van der Waals surface area contributed by atoms with Gasteiger partial charge >= 0.3 is 6.36 Å². The summed E-state index contributed by atoms with van der Waals surface area (Å²) in [5, 5.41) is 7.16. The molecule has 15 heteroatoms. The molecule has 1 atom stereocenters. The van der Waals surface area contributed by atoms with Gasteiger partial charge in [-0.25, -0.2) is 4.39 Å². The third-order valence-electron chi connectivity index (χ3n) is 8.74. The number of hydrogen-bond acceptors (Lipinski definition) is 7. The molecule has 0 saturated heterocycles. The van der Waals surface area contributed by atoms with Crippen molar-refractivity contribution in [1.29, 1.82) is 0 Å². The van der Waals surface area contributed by atoms with Crippen molar-refractivity contribution in [3.63, 3.8) is 0 Å². The van der Waals surface area contributed by atoms with Gasteiger partial charge in [0, 0.05) is 49.3 Å². The molecule has 3 aromatic carbocycles. The summed E-state index contributed by atoms with van der Waals surface area (Å²) in [4.78, 5) is 36.0. The van der Waals surface area contributed by atoms with Crippen molar-refractivity contribution in [3.8, 4) is 16.9 Å². The molecule has 1 amide bonds. The van der Waals surface area contributed by atoms with Gasteiger partial charge in [-0.1, -0.05) is 81.1 Å². The van der Waals surface area contributed by atoms with Crippen LogP contribution >= 0.6 is 24.2 Å². The summed E-state index contributed by atoms with van der Waals surface area (Å²) in [5.41, 5.74) is 4.04. The fourth-order valence-corrected chi connectivity index (χ4v) is 6.56. The summed E-state index contributed by atoms with van der Waals surface area (Å²) in [6, 6.07) is 19.2. The number of halogens is 5. The molecule has 0 aliphatic rings. The molecular weight excluding hydrogens is 732 g/mol. The predicted octanol–water partition coefficient (Wildman–Crippen LogP) is 7.91. The van der Waals surface area contributed by atoms with Crippen molar-refractivity contribution in [2.75, 3.05) is 26.2 Å². The van der Waals surface area contributed by atoms with E-state index in [1.54, 1.807) is 52.3 Å². The molecule has 2 heterocycles. The largest absolute Gasteiger partial charge is 0.573 e. The molecule has 0 spiro atoms. The summed E-state index contributed by atoms with van der Waals surface area (Å²) < 4.78 is 57.0. The monoisotopic (exact) mass is 772 g/mol. The minimum Gasteiger partial charge on any atom is -0.406 e. The zero-order chi connectivity index (χ0) is 37.3. The topological polar surface area (TPSA) is 96.4 Å². The number of carbonyl (C=O) groups excluding carboxylic acids is 1. The molecule has 2 aromatic heterocycles. The van der Waals surface area contributed by atoms with Gasteiger partial charge in [0.1, 0.15) is 18.1 Å². The lowest BCUT2D eigenvalue weighted by Gasteiger charge is -2.27. The molecule has 1 N–H and O–H groups in total. The number of aromatic amines is 1. The highest BCUT2D eigenvalue weighted by Crippen LogP contribution is 2.28. The lowest BCUT2D eigenvalue weighted by atomic mass is 9.98. The maximum absolute atomic E-state index is 14.2. The van der Waals surface area contributed by atoms with E-state index >= 15 is 0 Å². The third-order valence-corrected chi connectivity index (χ3v) is 9.80. The second-order valence-corrected chi connectivity index (χ2v) is 13.1. The molecule has 0 aliphatic carbocycles. The molecule has 5 rings (SSSR count). The number of H-pyrrole nitrogens is 1. The zero-order valence-electron chi connectivity index (χ0n) is 29.5. The predicted molar refractivity (Wildman–Crippen MR) is 200 cm³/mol. The van der Waals surface area contributed by atoms with Gasteiger partial charge in [-0.3, -0.25) is 14.7 Å². The van der Waals surface area contributed by atoms with Gasteiger partial charge in [0.05, 0.1) is 6.20 Å². The normalized spacial score (nSPS) is 12.0. The number of benzene rings is 3. The Labute approximate surface area is 315 Å². The van der Waals surface area contributed by atoms with Crippen LogP contribution in [-0.2, 0) is 23.6 Å². The molecule has 0 aliphatic heterocycles. The quantitative estimate of drug-likeness (QED) is 0.0619. The van der Waals surface area contributed by atoms with E-state index < -0.39 is 11.9 Å². The summed E-state index contributed by atoms with van der Waals surface area (Å²) in [5.74, 6) is -0.740. The van der Waals surface area contributed by atoms with Crippen LogP contribution in [0.25, 0.3) is 11.1 Å². The number of hydrogen-bond donors (Lipinski definition) is 1. The summed E-state index contributed by atoms with van der Waals surface area (Å²) >= 11 is 1.29. The Morgan fingerprint density at radius 2 is 1.57 bits per heavy atom. The third kappa shape index (κ3) is 11.7. The molecule has 9 nitrogen and oxygen atoms in total. The number of likely N-dealkylation sites (N-methyl/N-ethyl adjacent to an activating group) is 1. The summed E-state index contributed by atoms with van der Waals surface area (Å²) in [6.07, 6.45) is 0.292. The Morgan fingerprint density at radius 3 is 2.15 bits per heavy atom. The maximum atomic E-state index is 14.2. The molecule has 0 fully saturated rings. The molecular formula is C38H41ClF4N6O3S. The van der Waals surface area contributed by atoms with Crippen LogP contribution in [0.4, 0.5) is 17.6 Å². The highest BCUT2D eigenvalue weighted by atomic mass is 35.5. The first-order chi connectivity index (χ1) is 24.9. The number of alkyl halides is 3. The Bertz CT molecular complexity index is 1960. The Kier molecular flexibility index (Phi) is 14.7. The fraction of sp³-hybridized carbons (Fsp3) is 0.316. The number of aromatic nitrogens is 4. The van der Waals surface area contributed by atoms with Crippen molar-refractivity contribution in [3.05, 3.63) is 130 Å². The summed E-state index contributed by atoms with van der Waals surface area (Å²) in [7, 11) is 0.